The molecule has 2 heterocycles. The summed E-state index contributed by atoms with van der Waals surface area (Å²) in [4.78, 5) is 39.9. The number of likely N-dealkylation sites (tertiary alicyclic amines) is 1. The maximum Gasteiger partial charge on any atom is 0.317 e. The van der Waals surface area contributed by atoms with Gasteiger partial charge in [0.05, 0.1) is 6.61 Å². The standard InChI is InChI=1S/C22H32N4O6/c1-14(2)24-22(29)26-9-6-15(7-10-26)19(21(28)23-8-11-30-3)25-20(27)16-4-5-17-18(12-16)32-13-31-17/h4-5,12,14-15,19H,6-11,13H2,1-3H3,(H,23,28)(H,24,29)(H,25,27). The van der Waals surface area contributed by atoms with Gasteiger partial charge in [0.1, 0.15) is 6.04 Å². The normalized spacial score (nSPS) is 16.6. The Morgan fingerprint density at radius 3 is 2.53 bits per heavy atom. The number of hydrogen-bond acceptors (Lipinski definition) is 6. The van der Waals surface area contributed by atoms with Gasteiger partial charge in [-0.1, -0.05) is 0 Å². The highest BCUT2D eigenvalue weighted by Crippen LogP contribution is 2.32. The lowest BCUT2D eigenvalue weighted by molar-refractivity contribution is -0.124. The summed E-state index contributed by atoms with van der Waals surface area (Å²) in [5.74, 6) is 0.362. The van der Waals surface area contributed by atoms with Crippen LogP contribution in [0.5, 0.6) is 11.5 Å². The highest BCUT2D eigenvalue weighted by Gasteiger charge is 2.34. The van der Waals surface area contributed by atoms with Gasteiger partial charge in [0, 0.05) is 38.3 Å². The van der Waals surface area contributed by atoms with Crippen molar-refractivity contribution in [2.24, 2.45) is 5.92 Å². The van der Waals surface area contributed by atoms with Gasteiger partial charge in [-0.05, 0) is 50.8 Å². The predicted molar refractivity (Wildman–Crippen MR) is 117 cm³/mol. The molecule has 2 aliphatic rings. The van der Waals surface area contributed by atoms with Gasteiger partial charge in [0.2, 0.25) is 12.7 Å². The van der Waals surface area contributed by atoms with Gasteiger partial charge in [-0.15, -0.1) is 0 Å². The number of rotatable bonds is 8. The second-order valence-corrected chi connectivity index (χ2v) is 8.23. The van der Waals surface area contributed by atoms with Crippen LogP contribution in [-0.4, -0.2) is 75.0 Å². The van der Waals surface area contributed by atoms with Crippen molar-refractivity contribution in [1.82, 2.24) is 20.9 Å². The topological polar surface area (TPSA) is 118 Å². The SMILES string of the molecule is COCCNC(=O)C(NC(=O)c1ccc2c(c1)OCO2)C1CCN(C(=O)NC(C)C)CC1. The number of ether oxygens (including phenoxy) is 3. The van der Waals surface area contributed by atoms with Crippen molar-refractivity contribution < 1.29 is 28.6 Å². The van der Waals surface area contributed by atoms with Crippen molar-refractivity contribution >= 4 is 17.8 Å². The molecular weight excluding hydrogens is 416 g/mol. The van der Waals surface area contributed by atoms with E-state index in [0.717, 1.165) is 0 Å². The molecule has 1 aromatic carbocycles. The Labute approximate surface area is 187 Å². The summed E-state index contributed by atoms with van der Waals surface area (Å²) in [7, 11) is 1.56. The minimum absolute atomic E-state index is 0.0560. The van der Waals surface area contributed by atoms with E-state index in [0.29, 0.717) is 56.1 Å². The van der Waals surface area contributed by atoms with Gasteiger partial charge in [0.15, 0.2) is 11.5 Å². The number of fused-ring (bicyclic) bond motifs is 1. The molecule has 1 aromatic rings. The number of methoxy groups -OCH3 is 1. The molecule has 2 aliphatic heterocycles. The number of amides is 4. The second-order valence-electron chi connectivity index (χ2n) is 8.23. The number of urea groups is 1. The first kappa shape index (κ1) is 23.6. The minimum atomic E-state index is -0.722. The van der Waals surface area contributed by atoms with Crippen LogP contribution in [0.1, 0.15) is 37.0 Å². The molecule has 0 spiro atoms. The molecule has 1 atom stereocenters. The van der Waals surface area contributed by atoms with Crippen molar-refractivity contribution in [3.05, 3.63) is 23.8 Å². The first-order valence-electron chi connectivity index (χ1n) is 10.9. The van der Waals surface area contributed by atoms with E-state index < -0.39 is 6.04 Å². The smallest absolute Gasteiger partial charge is 0.317 e. The van der Waals surface area contributed by atoms with Gasteiger partial charge in [-0.25, -0.2) is 4.79 Å². The Bertz CT molecular complexity index is 823. The minimum Gasteiger partial charge on any atom is -0.454 e. The molecule has 0 aromatic heterocycles. The maximum absolute atomic E-state index is 12.9. The van der Waals surface area contributed by atoms with Crippen molar-refractivity contribution in [3.8, 4) is 11.5 Å². The molecule has 1 fully saturated rings. The lowest BCUT2D eigenvalue weighted by Gasteiger charge is -2.36. The van der Waals surface area contributed by atoms with Gasteiger partial charge in [0.25, 0.3) is 5.91 Å². The van der Waals surface area contributed by atoms with Crippen LogP contribution < -0.4 is 25.4 Å². The van der Waals surface area contributed by atoms with Crippen molar-refractivity contribution in [3.63, 3.8) is 0 Å². The molecule has 0 aliphatic carbocycles. The van der Waals surface area contributed by atoms with Crippen molar-refractivity contribution in [2.75, 3.05) is 40.1 Å². The van der Waals surface area contributed by atoms with Crippen LogP contribution in [0.25, 0.3) is 0 Å². The Kier molecular flexibility index (Phi) is 8.15. The molecule has 3 N–H and O–H groups in total. The fourth-order valence-electron chi connectivity index (χ4n) is 3.82. The van der Waals surface area contributed by atoms with E-state index in [9.17, 15) is 14.4 Å². The highest BCUT2D eigenvalue weighted by molar-refractivity contribution is 5.98. The van der Waals surface area contributed by atoms with E-state index in [-0.39, 0.29) is 36.6 Å². The Balaban J connectivity index is 1.66. The number of nitrogens with one attached hydrogen (secondary N) is 3. The van der Waals surface area contributed by atoms with Crippen LogP contribution in [0, 0.1) is 5.92 Å². The lowest BCUT2D eigenvalue weighted by atomic mass is 9.88. The van der Waals surface area contributed by atoms with E-state index in [4.69, 9.17) is 14.2 Å². The van der Waals surface area contributed by atoms with E-state index >= 15 is 0 Å². The summed E-state index contributed by atoms with van der Waals surface area (Å²) in [6, 6.07) is 4.15. The van der Waals surface area contributed by atoms with E-state index in [1.807, 2.05) is 13.8 Å². The molecule has 0 bridgehead atoms. The largest absolute Gasteiger partial charge is 0.454 e. The molecule has 4 amide bonds. The molecule has 3 rings (SSSR count). The predicted octanol–water partition coefficient (Wildman–Crippen LogP) is 1.11. The van der Waals surface area contributed by atoms with Gasteiger partial charge in [-0.3, -0.25) is 9.59 Å². The van der Waals surface area contributed by atoms with Gasteiger partial charge < -0.3 is 35.1 Å². The highest BCUT2D eigenvalue weighted by atomic mass is 16.7. The maximum atomic E-state index is 12.9. The quantitative estimate of drug-likeness (QED) is 0.513. The lowest BCUT2D eigenvalue weighted by Crippen LogP contribution is -2.55. The van der Waals surface area contributed by atoms with E-state index in [1.165, 1.54) is 0 Å². The van der Waals surface area contributed by atoms with Crippen LogP contribution in [0.2, 0.25) is 0 Å². The van der Waals surface area contributed by atoms with Crippen molar-refractivity contribution in [2.45, 2.75) is 38.8 Å². The van der Waals surface area contributed by atoms with Crippen LogP contribution in [0.3, 0.4) is 0 Å². The Morgan fingerprint density at radius 2 is 1.84 bits per heavy atom. The summed E-state index contributed by atoms with van der Waals surface area (Å²) in [5.41, 5.74) is 0.387. The van der Waals surface area contributed by atoms with Crippen LogP contribution in [-0.2, 0) is 9.53 Å². The molecular formula is C22H32N4O6. The second kappa shape index (κ2) is 11.0. The summed E-state index contributed by atoms with van der Waals surface area (Å²) in [6.07, 6.45) is 1.21. The van der Waals surface area contributed by atoms with Crippen LogP contribution in [0.4, 0.5) is 4.79 Å². The van der Waals surface area contributed by atoms with Crippen LogP contribution in [0.15, 0.2) is 18.2 Å². The molecule has 176 valence electrons. The third-order valence-electron chi connectivity index (χ3n) is 5.52. The van der Waals surface area contributed by atoms with Gasteiger partial charge in [-0.2, -0.15) is 0 Å². The Morgan fingerprint density at radius 1 is 1.12 bits per heavy atom. The van der Waals surface area contributed by atoms with Crippen LogP contribution >= 0.6 is 0 Å². The molecule has 32 heavy (non-hydrogen) atoms. The zero-order valence-corrected chi connectivity index (χ0v) is 18.8. The summed E-state index contributed by atoms with van der Waals surface area (Å²) < 4.78 is 15.6. The average molecular weight is 449 g/mol. The molecule has 10 nitrogen and oxygen atoms in total. The summed E-state index contributed by atoms with van der Waals surface area (Å²) >= 11 is 0. The monoisotopic (exact) mass is 448 g/mol. The molecule has 0 saturated carbocycles. The molecule has 10 heteroatoms. The third-order valence-corrected chi connectivity index (χ3v) is 5.52. The molecule has 0 radical (unpaired) electrons. The van der Waals surface area contributed by atoms with Crippen molar-refractivity contribution in [1.29, 1.82) is 0 Å². The first-order chi connectivity index (χ1) is 15.4. The first-order valence-corrected chi connectivity index (χ1v) is 10.9. The van der Waals surface area contributed by atoms with Gasteiger partial charge >= 0.3 is 6.03 Å². The van der Waals surface area contributed by atoms with E-state index in [2.05, 4.69) is 16.0 Å². The number of hydrogen-bond donors (Lipinski definition) is 3. The number of nitrogens with zero attached hydrogens (tertiary/aromatic N) is 1. The summed E-state index contributed by atoms with van der Waals surface area (Å²) in [5, 5.41) is 8.60. The fourth-order valence-corrected chi connectivity index (χ4v) is 3.82. The average Bonchev–Trinajstić information content (AvgIpc) is 3.25. The fraction of sp³-hybridized carbons (Fsp3) is 0.591. The van der Waals surface area contributed by atoms with E-state index in [1.54, 1.807) is 30.2 Å². The molecule has 1 unspecified atom stereocenters. The summed E-state index contributed by atoms with van der Waals surface area (Å²) in [6.45, 7) is 5.71. The zero-order valence-electron chi connectivity index (χ0n) is 18.8. The Hall–Kier alpha value is -3.01. The zero-order chi connectivity index (χ0) is 23.1. The number of carbonyl (C=O) groups is 3. The third kappa shape index (κ3) is 6.03. The number of piperidine rings is 1. The molecule has 1 saturated heterocycles. The number of benzene rings is 1. The number of carbonyl (C=O) groups excluding carboxylic acids is 3.